The van der Waals surface area contributed by atoms with Crippen molar-refractivity contribution < 1.29 is 124 Å². The molecule has 5 saturated heterocycles. The molecule has 5 fully saturated rings. The predicted molar refractivity (Wildman–Crippen MR) is 165 cm³/mol. The fourth-order valence-electron chi connectivity index (χ4n) is 6.98. The number of aliphatic hydroxyl groups excluding tert-OH is 16. The van der Waals surface area contributed by atoms with E-state index in [2.05, 4.69) is 0 Å². The Morgan fingerprint density at radius 2 is 0.618 bits per heavy atom. The van der Waals surface area contributed by atoms with Gasteiger partial charge in [-0.25, -0.2) is 0 Å². The van der Waals surface area contributed by atoms with Gasteiger partial charge in [-0.1, -0.05) is 0 Å². The molecule has 5 rings (SSSR count). The Balaban J connectivity index is 1.22. The second kappa shape index (κ2) is 19.4. The first-order valence-corrected chi connectivity index (χ1v) is 17.5. The zero-order chi connectivity index (χ0) is 40.5. The third-order valence-electron chi connectivity index (χ3n) is 10.2. The van der Waals surface area contributed by atoms with E-state index in [9.17, 15) is 81.7 Å². The summed E-state index contributed by atoms with van der Waals surface area (Å²) in [5.74, 6) is 0. The molecular formula is C30H52O25. The molecule has 55 heavy (non-hydrogen) atoms. The summed E-state index contributed by atoms with van der Waals surface area (Å²) in [5.41, 5.74) is 0. The SMILES string of the molecule is OC[C@H]1O[C@H](O[C@H]2[C@H](O)[C@@H](O)[C@@H](O[C@H]3[C@H](O)[C@@H](O)[C@@H](O[C@H]4[C@H](O)[C@@H](O)[C@@H](O[C@H]5[C@H](O)[C@@H](O)CO[C@@H]5CO)O[C@@H]4CO)O[C@@H]3CO)O[C@@H]2CO)[C@H](O)[C@@H](O)[C@@H]1O. The lowest BCUT2D eigenvalue weighted by Gasteiger charge is -2.49. The molecular weight excluding hydrogens is 760 g/mol. The van der Waals surface area contributed by atoms with E-state index in [1.165, 1.54) is 0 Å². The van der Waals surface area contributed by atoms with Crippen LogP contribution in [-0.2, 0) is 42.6 Å². The Labute approximate surface area is 311 Å². The smallest absolute Gasteiger partial charge is 0.187 e. The highest BCUT2D eigenvalue weighted by molar-refractivity contribution is 4.98. The molecule has 0 unspecified atom stereocenters. The Bertz CT molecular complexity index is 1170. The van der Waals surface area contributed by atoms with Gasteiger partial charge in [0.25, 0.3) is 0 Å². The molecule has 0 spiro atoms. The molecule has 0 aromatic rings. The minimum atomic E-state index is -2.09. The standard InChI is InChI=1S/C30H52O25/c31-1-8-14(38)15(39)19(43)27(48-8)53-24-10(3-33)50-29(21(45)17(24)41)55-26-12(5-35)51-30(22(46)18(26)42)54-25-11(4-34)49-28(20(44)16(25)40)52-23-9(2-32)47-6-7(36)13(23)37/h7-46H,1-6H2/t7-,8+,9+,10+,11+,12+,13+,14+,15-,16+,17+,18+,19+,20+,21+,22+,23+,24+,25+,26+,27+,28+,29+,30+/m0/s1. The van der Waals surface area contributed by atoms with Crippen molar-refractivity contribution in [1.29, 1.82) is 0 Å². The van der Waals surface area contributed by atoms with Crippen molar-refractivity contribution in [2.45, 2.75) is 147 Å². The average molecular weight is 813 g/mol. The minimum absolute atomic E-state index is 0.336. The quantitative estimate of drug-likeness (QED) is 0.0821. The van der Waals surface area contributed by atoms with Crippen molar-refractivity contribution in [3.8, 4) is 0 Å². The molecule has 0 amide bonds. The van der Waals surface area contributed by atoms with E-state index in [-0.39, 0.29) is 6.61 Å². The lowest BCUT2D eigenvalue weighted by Crippen LogP contribution is -2.67. The number of ether oxygens (including phenoxy) is 9. The largest absolute Gasteiger partial charge is 0.394 e. The van der Waals surface area contributed by atoms with E-state index in [1.54, 1.807) is 0 Å². The summed E-state index contributed by atoms with van der Waals surface area (Å²) in [6.45, 7) is -4.59. The lowest BCUT2D eigenvalue weighted by molar-refractivity contribution is -0.391. The van der Waals surface area contributed by atoms with Gasteiger partial charge in [0, 0.05) is 0 Å². The molecule has 5 aliphatic heterocycles. The molecule has 16 N–H and O–H groups in total. The average Bonchev–Trinajstić information content (AvgIpc) is 3.18. The topological polar surface area (TPSA) is 407 Å². The molecule has 25 heteroatoms. The van der Waals surface area contributed by atoms with Crippen LogP contribution < -0.4 is 0 Å². The van der Waals surface area contributed by atoms with Crippen LogP contribution in [0.5, 0.6) is 0 Å². The minimum Gasteiger partial charge on any atom is -0.394 e. The van der Waals surface area contributed by atoms with Gasteiger partial charge in [0.05, 0.1) is 39.6 Å². The molecule has 0 aliphatic carbocycles. The fraction of sp³-hybridized carbons (Fsp3) is 1.00. The molecule has 0 aromatic heterocycles. The van der Waals surface area contributed by atoms with E-state index in [4.69, 9.17) is 42.6 Å². The molecule has 5 heterocycles. The zero-order valence-electron chi connectivity index (χ0n) is 28.9. The van der Waals surface area contributed by atoms with Gasteiger partial charge in [0.1, 0.15) is 122 Å². The molecule has 0 radical (unpaired) electrons. The van der Waals surface area contributed by atoms with Crippen molar-refractivity contribution in [1.82, 2.24) is 0 Å². The fourth-order valence-corrected chi connectivity index (χ4v) is 6.98. The van der Waals surface area contributed by atoms with Crippen molar-refractivity contribution in [2.24, 2.45) is 0 Å². The highest BCUT2D eigenvalue weighted by Crippen LogP contribution is 2.35. The molecule has 5 aliphatic rings. The zero-order valence-corrected chi connectivity index (χ0v) is 28.9. The Morgan fingerprint density at radius 1 is 0.327 bits per heavy atom. The summed E-state index contributed by atoms with van der Waals surface area (Å²) < 4.78 is 49.5. The van der Waals surface area contributed by atoms with Gasteiger partial charge in [0.2, 0.25) is 0 Å². The van der Waals surface area contributed by atoms with Gasteiger partial charge in [0.15, 0.2) is 25.2 Å². The molecule has 25 nitrogen and oxygen atoms in total. The van der Waals surface area contributed by atoms with Crippen LogP contribution in [0.2, 0.25) is 0 Å². The Kier molecular flexibility index (Phi) is 15.9. The summed E-state index contributed by atoms with van der Waals surface area (Å²) in [4.78, 5) is 0. The molecule has 0 aromatic carbocycles. The highest BCUT2D eigenvalue weighted by Gasteiger charge is 2.56. The van der Waals surface area contributed by atoms with E-state index in [1.807, 2.05) is 0 Å². The summed E-state index contributed by atoms with van der Waals surface area (Å²) >= 11 is 0. The van der Waals surface area contributed by atoms with Crippen LogP contribution in [0.25, 0.3) is 0 Å². The number of hydrogen-bond acceptors (Lipinski definition) is 25. The van der Waals surface area contributed by atoms with Crippen molar-refractivity contribution in [3.63, 3.8) is 0 Å². The third kappa shape index (κ3) is 9.26. The Morgan fingerprint density at radius 3 is 0.945 bits per heavy atom. The van der Waals surface area contributed by atoms with Gasteiger partial charge >= 0.3 is 0 Å². The molecule has 322 valence electrons. The van der Waals surface area contributed by atoms with E-state index in [0.717, 1.165) is 0 Å². The lowest BCUT2D eigenvalue weighted by atomic mass is 9.95. The maximum Gasteiger partial charge on any atom is 0.187 e. The first kappa shape index (κ1) is 45.1. The van der Waals surface area contributed by atoms with Gasteiger partial charge in [-0.2, -0.15) is 0 Å². The normalized spacial score (nSPS) is 52.6. The van der Waals surface area contributed by atoms with Crippen LogP contribution in [0.15, 0.2) is 0 Å². The van der Waals surface area contributed by atoms with Gasteiger partial charge in [-0.15, -0.1) is 0 Å². The van der Waals surface area contributed by atoms with Gasteiger partial charge < -0.3 is 124 Å². The second-order valence-corrected chi connectivity index (χ2v) is 13.8. The molecule has 0 saturated carbocycles. The van der Waals surface area contributed by atoms with Crippen LogP contribution in [0, 0.1) is 0 Å². The summed E-state index contributed by atoms with van der Waals surface area (Å²) in [5, 5.41) is 166. The summed E-state index contributed by atoms with van der Waals surface area (Å²) in [6, 6.07) is 0. The maximum absolute atomic E-state index is 11.1. The van der Waals surface area contributed by atoms with Crippen LogP contribution in [0.3, 0.4) is 0 Å². The van der Waals surface area contributed by atoms with Gasteiger partial charge in [-0.05, 0) is 0 Å². The number of aliphatic hydroxyl groups is 16. The van der Waals surface area contributed by atoms with E-state index >= 15 is 0 Å². The summed E-state index contributed by atoms with van der Waals surface area (Å²) in [6.07, 6.45) is -42.1. The van der Waals surface area contributed by atoms with Crippen molar-refractivity contribution in [3.05, 3.63) is 0 Å². The Hall–Kier alpha value is -1.00. The number of hydrogen-bond donors (Lipinski definition) is 16. The van der Waals surface area contributed by atoms with E-state index < -0.39 is 180 Å². The molecule has 0 bridgehead atoms. The third-order valence-corrected chi connectivity index (χ3v) is 10.2. The van der Waals surface area contributed by atoms with Crippen LogP contribution >= 0.6 is 0 Å². The summed E-state index contributed by atoms with van der Waals surface area (Å²) in [7, 11) is 0. The van der Waals surface area contributed by atoms with Crippen molar-refractivity contribution >= 4 is 0 Å². The molecule has 24 atom stereocenters. The van der Waals surface area contributed by atoms with Crippen molar-refractivity contribution in [2.75, 3.05) is 39.6 Å². The number of rotatable bonds is 13. The van der Waals surface area contributed by atoms with Crippen LogP contribution in [0.4, 0.5) is 0 Å². The predicted octanol–water partition coefficient (Wildman–Crippen LogP) is -11.2. The monoisotopic (exact) mass is 812 g/mol. The van der Waals surface area contributed by atoms with E-state index in [0.29, 0.717) is 0 Å². The maximum atomic E-state index is 11.1. The second-order valence-electron chi connectivity index (χ2n) is 13.8. The van der Waals surface area contributed by atoms with Gasteiger partial charge in [-0.3, -0.25) is 0 Å². The van der Waals surface area contributed by atoms with Crippen LogP contribution in [-0.4, -0.2) is 269 Å². The first-order chi connectivity index (χ1) is 26.1. The van der Waals surface area contributed by atoms with Crippen LogP contribution in [0.1, 0.15) is 0 Å². The highest BCUT2D eigenvalue weighted by atomic mass is 16.8. The first-order valence-electron chi connectivity index (χ1n) is 17.5.